The second-order valence-corrected chi connectivity index (χ2v) is 5.33. The molecule has 0 radical (unpaired) electrons. The first-order valence-corrected chi connectivity index (χ1v) is 7.76. The molecule has 0 aliphatic rings. The molecule has 0 aliphatic carbocycles. The van der Waals surface area contributed by atoms with Crippen LogP contribution >= 0.6 is 11.6 Å². The maximum absolute atomic E-state index is 6.30. The van der Waals surface area contributed by atoms with Crippen molar-refractivity contribution in [3.05, 3.63) is 29.8 Å². The van der Waals surface area contributed by atoms with Crippen molar-refractivity contribution in [1.29, 1.82) is 0 Å². The predicted octanol–water partition coefficient (Wildman–Crippen LogP) is 2.22. The number of fused-ring (bicyclic) bond motifs is 1. The number of nitrogen functional groups attached to an aromatic ring is 1. The van der Waals surface area contributed by atoms with Crippen LogP contribution in [0.2, 0.25) is 5.02 Å². The maximum atomic E-state index is 6.30. The quantitative estimate of drug-likeness (QED) is 0.614. The van der Waals surface area contributed by atoms with Gasteiger partial charge in [-0.2, -0.15) is 5.10 Å². The van der Waals surface area contributed by atoms with Gasteiger partial charge in [0.2, 0.25) is 5.88 Å². The number of halogens is 1. The van der Waals surface area contributed by atoms with E-state index in [1.807, 2.05) is 0 Å². The lowest BCUT2D eigenvalue weighted by Crippen LogP contribution is -2.06. The number of methoxy groups -OCH3 is 1. The molecule has 9 nitrogen and oxygen atoms in total. The highest BCUT2D eigenvalue weighted by molar-refractivity contribution is 6.35. The number of hydrogen-bond donors (Lipinski definition) is 2. The Hall–Kier alpha value is -2.78. The Kier molecular flexibility index (Phi) is 5.05. The molecule has 132 valence electrons. The van der Waals surface area contributed by atoms with E-state index in [-0.39, 0.29) is 0 Å². The summed E-state index contributed by atoms with van der Waals surface area (Å²) in [5.74, 6) is 1.56. The van der Waals surface area contributed by atoms with Crippen molar-refractivity contribution in [3.63, 3.8) is 0 Å². The number of rotatable bonds is 7. The van der Waals surface area contributed by atoms with E-state index in [0.29, 0.717) is 52.6 Å². The molecule has 0 saturated heterocycles. The number of nitrogens with two attached hydrogens (primary N) is 1. The number of anilines is 2. The molecule has 3 N–H and O–H groups in total. The van der Waals surface area contributed by atoms with Gasteiger partial charge in [-0.15, -0.1) is 0 Å². The van der Waals surface area contributed by atoms with Gasteiger partial charge < -0.3 is 25.3 Å². The highest BCUT2D eigenvalue weighted by Crippen LogP contribution is 2.38. The van der Waals surface area contributed by atoms with Crippen molar-refractivity contribution in [2.75, 3.05) is 38.4 Å². The fourth-order valence-corrected chi connectivity index (χ4v) is 2.42. The Morgan fingerprint density at radius 3 is 2.80 bits per heavy atom. The van der Waals surface area contributed by atoms with Gasteiger partial charge in [-0.25, -0.2) is 14.5 Å². The van der Waals surface area contributed by atoms with E-state index in [0.717, 1.165) is 0 Å². The summed E-state index contributed by atoms with van der Waals surface area (Å²) in [6.07, 6.45) is 6.27. The minimum Gasteiger partial charge on any atom is -0.474 e. The molecule has 0 atom stereocenters. The van der Waals surface area contributed by atoms with Crippen LogP contribution in [0.5, 0.6) is 17.4 Å². The zero-order valence-corrected chi connectivity index (χ0v) is 14.4. The lowest BCUT2D eigenvalue weighted by molar-refractivity contribution is 0.143. The molecule has 3 rings (SSSR count). The van der Waals surface area contributed by atoms with Gasteiger partial charge in [0.25, 0.3) is 0 Å². The molecular formula is C15H17ClN6O3. The van der Waals surface area contributed by atoms with Crippen molar-refractivity contribution >= 4 is 28.6 Å². The molecule has 0 unspecified atom stereocenters. The Labute approximate surface area is 148 Å². The third kappa shape index (κ3) is 3.52. The first-order valence-electron chi connectivity index (χ1n) is 7.38. The van der Waals surface area contributed by atoms with Crippen LogP contribution in [0.1, 0.15) is 0 Å². The van der Waals surface area contributed by atoms with Gasteiger partial charge in [-0.05, 0) is 0 Å². The Balaban J connectivity index is 1.85. The molecule has 0 aliphatic heterocycles. The summed E-state index contributed by atoms with van der Waals surface area (Å²) in [5, 5.41) is 7.46. The summed E-state index contributed by atoms with van der Waals surface area (Å²) in [4.78, 5) is 8.28. The van der Waals surface area contributed by atoms with Crippen molar-refractivity contribution in [3.8, 4) is 17.4 Å². The Morgan fingerprint density at radius 1 is 1.20 bits per heavy atom. The van der Waals surface area contributed by atoms with Gasteiger partial charge in [0.1, 0.15) is 23.0 Å². The summed E-state index contributed by atoms with van der Waals surface area (Å²) in [7, 11) is 3.31. The molecule has 3 aromatic rings. The Bertz CT molecular complexity index is 885. The number of nitrogens with zero attached hydrogens (tertiary/aromatic N) is 4. The fourth-order valence-electron chi connectivity index (χ4n) is 2.14. The molecule has 10 heteroatoms. The maximum Gasteiger partial charge on any atom is 0.232 e. The third-order valence-corrected chi connectivity index (χ3v) is 3.74. The van der Waals surface area contributed by atoms with Gasteiger partial charge in [0.05, 0.1) is 37.1 Å². The van der Waals surface area contributed by atoms with Crippen LogP contribution in [0.3, 0.4) is 0 Å². The van der Waals surface area contributed by atoms with Gasteiger partial charge >= 0.3 is 0 Å². The minimum absolute atomic E-state index is 0.291. The fraction of sp³-hybridized carbons (Fsp3) is 0.267. The molecule has 3 heterocycles. The second-order valence-electron chi connectivity index (χ2n) is 4.95. The molecular weight excluding hydrogens is 348 g/mol. The molecule has 0 aromatic carbocycles. The minimum atomic E-state index is 0.291. The number of hydrogen-bond acceptors (Lipinski definition) is 8. The van der Waals surface area contributed by atoms with E-state index in [1.165, 1.54) is 6.20 Å². The van der Waals surface area contributed by atoms with Crippen LogP contribution < -0.4 is 20.5 Å². The van der Waals surface area contributed by atoms with Crippen LogP contribution in [0.4, 0.5) is 11.5 Å². The SMILES string of the molecule is CNc1c(N)ncc(Oc2cnn3cc(OCCOC)ncc23)c1Cl. The van der Waals surface area contributed by atoms with Crippen molar-refractivity contribution in [1.82, 2.24) is 19.6 Å². The zero-order valence-electron chi connectivity index (χ0n) is 13.7. The first kappa shape index (κ1) is 17.1. The van der Waals surface area contributed by atoms with Crippen LogP contribution in [-0.4, -0.2) is 47.0 Å². The van der Waals surface area contributed by atoms with E-state index in [1.54, 1.807) is 37.3 Å². The molecule has 0 bridgehead atoms. The largest absolute Gasteiger partial charge is 0.474 e. The van der Waals surface area contributed by atoms with Crippen LogP contribution in [0.25, 0.3) is 5.52 Å². The summed E-state index contributed by atoms with van der Waals surface area (Å²) >= 11 is 6.30. The van der Waals surface area contributed by atoms with Crippen molar-refractivity contribution in [2.24, 2.45) is 0 Å². The van der Waals surface area contributed by atoms with Crippen LogP contribution in [0, 0.1) is 0 Å². The van der Waals surface area contributed by atoms with Crippen LogP contribution in [-0.2, 0) is 4.74 Å². The number of aromatic nitrogens is 4. The second kappa shape index (κ2) is 7.41. The molecule has 0 saturated carbocycles. The highest BCUT2D eigenvalue weighted by Gasteiger charge is 2.15. The molecule has 0 spiro atoms. The lowest BCUT2D eigenvalue weighted by atomic mass is 10.3. The highest BCUT2D eigenvalue weighted by atomic mass is 35.5. The van der Waals surface area contributed by atoms with Crippen molar-refractivity contribution < 1.29 is 14.2 Å². The molecule has 25 heavy (non-hydrogen) atoms. The monoisotopic (exact) mass is 364 g/mol. The Morgan fingerprint density at radius 2 is 2.04 bits per heavy atom. The van der Waals surface area contributed by atoms with E-state index in [9.17, 15) is 0 Å². The standard InChI is InChI=1S/C15H17ClN6O3/c1-18-14-13(16)11(6-20-15(14)17)25-10-7-21-22-8-12(19-5-9(10)22)24-4-3-23-2/h5-8,18H,3-4H2,1-2H3,(H2,17,20). The summed E-state index contributed by atoms with van der Waals surface area (Å²) in [6, 6.07) is 0. The van der Waals surface area contributed by atoms with Gasteiger partial charge in [0.15, 0.2) is 11.5 Å². The van der Waals surface area contributed by atoms with Gasteiger partial charge in [-0.3, -0.25) is 0 Å². The van der Waals surface area contributed by atoms with E-state index in [2.05, 4.69) is 20.4 Å². The number of pyridine rings is 1. The average Bonchev–Trinajstić information content (AvgIpc) is 3.00. The zero-order chi connectivity index (χ0) is 17.8. The lowest BCUT2D eigenvalue weighted by Gasteiger charge is -2.11. The molecule has 0 fully saturated rings. The van der Waals surface area contributed by atoms with E-state index < -0.39 is 0 Å². The first-order chi connectivity index (χ1) is 12.1. The molecule has 0 amide bonds. The summed E-state index contributed by atoms with van der Waals surface area (Å²) in [6.45, 7) is 0.878. The number of nitrogens with one attached hydrogen (secondary N) is 1. The van der Waals surface area contributed by atoms with Crippen molar-refractivity contribution in [2.45, 2.75) is 0 Å². The van der Waals surface area contributed by atoms with E-state index in [4.69, 9.17) is 31.5 Å². The summed E-state index contributed by atoms with van der Waals surface area (Å²) in [5.41, 5.74) is 6.92. The predicted molar refractivity (Wildman–Crippen MR) is 93.6 cm³/mol. The topological polar surface area (TPSA) is 109 Å². The van der Waals surface area contributed by atoms with Crippen LogP contribution in [0.15, 0.2) is 24.8 Å². The van der Waals surface area contributed by atoms with E-state index >= 15 is 0 Å². The third-order valence-electron chi connectivity index (χ3n) is 3.37. The normalized spacial score (nSPS) is 10.8. The smallest absolute Gasteiger partial charge is 0.232 e. The number of ether oxygens (including phenoxy) is 3. The summed E-state index contributed by atoms with van der Waals surface area (Å²) < 4.78 is 17.8. The molecule has 3 aromatic heterocycles. The van der Waals surface area contributed by atoms with Gasteiger partial charge in [-0.1, -0.05) is 11.6 Å². The van der Waals surface area contributed by atoms with Gasteiger partial charge in [0, 0.05) is 14.2 Å². The average molecular weight is 365 g/mol.